The van der Waals surface area contributed by atoms with Crippen LogP contribution in [0.15, 0.2) is 23.1 Å². The van der Waals surface area contributed by atoms with Crippen LogP contribution < -0.4 is 14.8 Å². The summed E-state index contributed by atoms with van der Waals surface area (Å²) >= 11 is 0. The normalized spacial score (nSPS) is 23.8. The quantitative estimate of drug-likeness (QED) is 0.826. The molecule has 2 aliphatic rings. The van der Waals surface area contributed by atoms with Crippen molar-refractivity contribution in [1.29, 1.82) is 0 Å². The molecule has 2 bridgehead atoms. The standard InChI is InChI=1S/C16H23N3O4S/c1-17-24(21,22)15-9-11(3-6-14(15)23-2)16(20)19-12-4-5-13(19)10-18-8-7-12/h3,6,9,12-13,17-18H,4-5,7-8,10H2,1-2H3. The Morgan fingerprint density at radius 3 is 2.75 bits per heavy atom. The van der Waals surface area contributed by atoms with Gasteiger partial charge in [0.05, 0.1) is 7.11 Å². The molecule has 2 atom stereocenters. The SMILES string of the molecule is CNS(=O)(=O)c1cc(C(=O)N2C3CCNCC2CC3)ccc1OC. The van der Waals surface area contributed by atoms with Crippen LogP contribution in [0.4, 0.5) is 0 Å². The number of ether oxygens (including phenoxy) is 1. The van der Waals surface area contributed by atoms with Gasteiger partial charge in [-0.15, -0.1) is 0 Å². The van der Waals surface area contributed by atoms with Gasteiger partial charge < -0.3 is 15.0 Å². The summed E-state index contributed by atoms with van der Waals surface area (Å²) in [5.74, 6) is 0.114. The first-order valence-electron chi connectivity index (χ1n) is 8.13. The molecule has 2 fully saturated rings. The summed E-state index contributed by atoms with van der Waals surface area (Å²) in [4.78, 5) is 14.9. The van der Waals surface area contributed by atoms with Crippen molar-refractivity contribution in [3.63, 3.8) is 0 Å². The summed E-state index contributed by atoms with van der Waals surface area (Å²) in [5.41, 5.74) is 0.378. The first-order valence-corrected chi connectivity index (χ1v) is 9.61. The molecule has 1 amide bonds. The maximum absolute atomic E-state index is 13.0. The van der Waals surface area contributed by atoms with Gasteiger partial charge in [0.1, 0.15) is 10.6 Å². The molecule has 1 aromatic rings. The zero-order valence-corrected chi connectivity index (χ0v) is 14.7. The van der Waals surface area contributed by atoms with E-state index in [9.17, 15) is 13.2 Å². The van der Waals surface area contributed by atoms with Crippen LogP contribution in [0.2, 0.25) is 0 Å². The molecule has 0 aromatic heterocycles. The molecule has 7 nitrogen and oxygen atoms in total. The molecule has 24 heavy (non-hydrogen) atoms. The number of nitrogens with zero attached hydrogens (tertiary/aromatic N) is 1. The number of amides is 1. The number of sulfonamides is 1. The molecule has 2 N–H and O–H groups in total. The van der Waals surface area contributed by atoms with Gasteiger partial charge in [-0.3, -0.25) is 4.79 Å². The van der Waals surface area contributed by atoms with Crippen molar-refractivity contribution in [3.8, 4) is 5.75 Å². The van der Waals surface area contributed by atoms with Crippen molar-refractivity contribution in [2.75, 3.05) is 27.2 Å². The van der Waals surface area contributed by atoms with Crippen LogP contribution in [0.1, 0.15) is 29.6 Å². The molecule has 0 saturated carbocycles. The first-order chi connectivity index (χ1) is 11.5. The van der Waals surface area contributed by atoms with Crippen molar-refractivity contribution in [2.24, 2.45) is 0 Å². The topological polar surface area (TPSA) is 87.7 Å². The lowest BCUT2D eigenvalue weighted by molar-refractivity contribution is 0.0680. The molecule has 0 aliphatic carbocycles. The van der Waals surface area contributed by atoms with Gasteiger partial charge in [0.2, 0.25) is 10.0 Å². The van der Waals surface area contributed by atoms with Crippen molar-refractivity contribution in [1.82, 2.24) is 14.9 Å². The maximum Gasteiger partial charge on any atom is 0.254 e. The third kappa shape index (κ3) is 3.01. The lowest BCUT2D eigenvalue weighted by Crippen LogP contribution is -2.42. The lowest BCUT2D eigenvalue weighted by atomic mass is 10.1. The van der Waals surface area contributed by atoms with E-state index in [0.717, 1.165) is 32.4 Å². The maximum atomic E-state index is 13.0. The highest BCUT2D eigenvalue weighted by Crippen LogP contribution is 2.31. The van der Waals surface area contributed by atoms with Gasteiger partial charge in [-0.25, -0.2) is 13.1 Å². The Bertz CT molecular complexity index is 721. The first kappa shape index (κ1) is 17.2. The summed E-state index contributed by atoms with van der Waals surface area (Å²) in [6, 6.07) is 4.98. The van der Waals surface area contributed by atoms with Gasteiger partial charge in [0, 0.05) is 24.2 Å². The van der Waals surface area contributed by atoms with Crippen molar-refractivity contribution >= 4 is 15.9 Å². The highest BCUT2D eigenvalue weighted by Gasteiger charge is 2.38. The zero-order valence-electron chi connectivity index (χ0n) is 13.9. The van der Waals surface area contributed by atoms with E-state index in [-0.39, 0.29) is 28.6 Å². The summed E-state index contributed by atoms with van der Waals surface area (Å²) in [5, 5.41) is 3.36. The molecule has 8 heteroatoms. The molecule has 2 saturated heterocycles. The van der Waals surface area contributed by atoms with Crippen LogP contribution >= 0.6 is 0 Å². The van der Waals surface area contributed by atoms with E-state index >= 15 is 0 Å². The summed E-state index contributed by atoms with van der Waals surface area (Å²) in [6.45, 7) is 1.70. The van der Waals surface area contributed by atoms with Crippen LogP contribution in [0, 0.1) is 0 Å². The number of methoxy groups -OCH3 is 1. The number of hydrogen-bond donors (Lipinski definition) is 2. The molecular formula is C16H23N3O4S. The van der Waals surface area contributed by atoms with E-state index in [1.54, 1.807) is 6.07 Å². The number of carbonyl (C=O) groups excluding carboxylic acids is 1. The molecule has 2 heterocycles. The van der Waals surface area contributed by atoms with Crippen LogP contribution in [0.3, 0.4) is 0 Å². The Labute approximate surface area is 142 Å². The van der Waals surface area contributed by atoms with E-state index in [0.29, 0.717) is 5.56 Å². The molecule has 0 radical (unpaired) electrons. The lowest BCUT2D eigenvalue weighted by Gasteiger charge is -2.28. The molecule has 2 unspecified atom stereocenters. The second-order valence-electron chi connectivity index (χ2n) is 6.16. The van der Waals surface area contributed by atoms with Crippen LogP contribution in [0.5, 0.6) is 5.75 Å². The number of hydrogen-bond acceptors (Lipinski definition) is 5. The smallest absolute Gasteiger partial charge is 0.254 e. The van der Waals surface area contributed by atoms with Gasteiger partial charge in [-0.1, -0.05) is 0 Å². The van der Waals surface area contributed by atoms with Gasteiger partial charge in [-0.05, 0) is 51.1 Å². The van der Waals surface area contributed by atoms with Crippen molar-refractivity contribution < 1.29 is 17.9 Å². The van der Waals surface area contributed by atoms with Gasteiger partial charge in [0.15, 0.2) is 0 Å². The van der Waals surface area contributed by atoms with Crippen LogP contribution in [-0.2, 0) is 10.0 Å². The third-order valence-corrected chi connectivity index (χ3v) is 6.29. The second-order valence-corrected chi connectivity index (χ2v) is 8.02. The van der Waals surface area contributed by atoms with Gasteiger partial charge >= 0.3 is 0 Å². The highest BCUT2D eigenvalue weighted by molar-refractivity contribution is 7.89. The number of nitrogens with one attached hydrogen (secondary N) is 2. The largest absolute Gasteiger partial charge is 0.495 e. The number of carbonyl (C=O) groups is 1. The molecule has 132 valence electrons. The predicted octanol–water partition coefficient (Wildman–Crippen LogP) is 0.570. The molecule has 0 spiro atoms. The van der Waals surface area contributed by atoms with E-state index in [4.69, 9.17) is 4.74 Å². The average Bonchev–Trinajstić information content (AvgIpc) is 2.86. The number of rotatable bonds is 4. The molecule has 3 rings (SSSR count). The third-order valence-electron chi connectivity index (χ3n) is 4.86. The fraction of sp³-hybridized carbons (Fsp3) is 0.562. The number of fused-ring (bicyclic) bond motifs is 2. The summed E-state index contributed by atoms with van der Waals surface area (Å²) in [6.07, 6.45) is 2.93. The Balaban J connectivity index is 1.97. The van der Waals surface area contributed by atoms with E-state index in [2.05, 4.69) is 10.0 Å². The Hall–Kier alpha value is -1.64. The number of benzene rings is 1. The Morgan fingerprint density at radius 2 is 2.04 bits per heavy atom. The minimum Gasteiger partial charge on any atom is -0.495 e. The molecular weight excluding hydrogens is 330 g/mol. The van der Waals surface area contributed by atoms with Gasteiger partial charge in [-0.2, -0.15) is 0 Å². The van der Waals surface area contributed by atoms with Crippen LogP contribution in [0.25, 0.3) is 0 Å². The van der Waals surface area contributed by atoms with E-state index in [1.165, 1.54) is 26.3 Å². The zero-order chi connectivity index (χ0) is 17.3. The minimum absolute atomic E-state index is 0.0151. The fourth-order valence-corrected chi connectivity index (χ4v) is 4.51. The second kappa shape index (κ2) is 6.70. The summed E-state index contributed by atoms with van der Waals surface area (Å²) < 4.78 is 31.8. The molecule has 1 aromatic carbocycles. The summed E-state index contributed by atoms with van der Waals surface area (Å²) in [7, 11) is -0.958. The van der Waals surface area contributed by atoms with Crippen molar-refractivity contribution in [3.05, 3.63) is 23.8 Å². The Morgan fingerprint density at radius 1 is 1.29 bits per heavy atom. The van der Waals surface area contributed by atoms with Gasteiger partial charge in [0.25, 0.3) is 5.91 Å². The predicted molar refractivity (Wildman–Crippen MR) is 89.7 cm³/mol. The van der Waals surface area contributed by atoms with E-state index in [1.807, 2.05) is 4.90 Å². The Kier molecular flexibility index (Phi) is 4.80. The monoisotopic (exact) mass is 353 g/mol. The fourth-order valence-electron chi connectivity index (χ4n) is 3.59. The molecule has 2 aliphatic heterocycles. The average molecular weight is 353 g/mol. The minimum atomic E-state index is -3.70. The van der Waals surface area contributed by atoms with Crippen LogP contribution in [-0.4, -0.2) is 58.6 Å². The highest BCUT2D eigenvalue weighted by atomic mass is 32.2. The van der Waals surface area contributed by atoms with E-state index < -0.39 is 10.0 Å². The van der Waals surface area contributed by atoms with Crippen molar-refractivity contribution in [2.45, 2.75) is 36.2 Å².